The molecule has 1 aliphatic rings. The van der Waals surface area contributed by atoms with Crippen molar-refractivity contribution in [2.45, 2.75) is 11.4 Å². The van der Waals surface area contributed by atoms with Gasteiger partial charge in [0.15, 0.2) is 14.9 Å². The Morgan fingerprint density at radius 2 is 2.25 bits per heavy atom. The van der Waals surface area contributed by atoms with Crippen molar-refractivity contribution in [3.05, 3.63) is 23.6 Å². The molecule has 0 N–H and O–H groups in total. The molecule has 0 saturated heterocycles. The van der Waals surface area contributed by atoms with Crippen molar-refractivity contribution in [1.82, 2.24) is 4.98 Å². The molecule has 0 fully saturated rings. The van der Waals surface area contributed by atoms with Gasteiger partial charge in [-0.25, -0.2) is 17.8 Å². The van der Waals surface area contributed by atoms with Crippen LogP contribution in [0.5, 0.6) is 0 Å². The minimum Gasteiger partial charge on any atom is -0.241 e. The molecular formula is C7H6FNO2S. The molecule has 64 valence electrons. The number of aromatic nitrogens is 1. The zero-order chi connectivity index (χ0) is 8.77. The quantitative estimate of drug-likeness (QED) is 0.596. The number of hydrogen-bond acceptors (Lipinski definition) is 3. The van der Waals surface area contributed by atoms with Crippen molar-refractivity contribution in [1.29, 1.82) is 0 Å². The summed E-state index contributed by atoms with van der Waals surface area (Å²) >= 11 is 0. The third kappa shape index (κ3) is 1.01. The van der Waals surface area contributed by atoms with Crippen LogP contribution in [-0.2, 0) is 16.3 Å². The second-order valence-corrected chi connectivity index (χ2v) is 4.71. The standard InChI is InChI=1S/C7H6FNO2S/c8-6-3-5-1-2-12(10,11)7(5)9-4-6/h3-4H,1-2H2. The number of pyridine rings is 1. The van der Waals surface area contributed by atoms with E-state index >= 15 is 0 Å². The fraction of sp³-hybridized carbons (Fsp3) is 0.286. The lowest BCUT2D eigenvalue weighted by Crippen LogP contribution is -2.00. The average molecular weight is 187 g/mol. The van der Waals surface area contributed by atoms with Crippen LogP contribution in [0.15, 0.2) is 17.3 Å². The minimum absolute atomic E-state index is 0.0453. The molecule has 5 heteroatoms. The summed E-state index contributed by atoms with van der Waals surface area (Å²) in [5.74, 6) is -0.426. The molecule has 0 bridgehead atoms. The van der Waals surface area contributed by atoms with Gasteiger partial charge in [-0.2, -0.15) is 0 Å². The van der Waals surface area contributed by atoms with E-state index in [0.29, 0.717) is 12.0 Å². The van der Waals surface area contributed by atoms with Gasteiger partial charge in [0.1, 0.15) is 5.82 Å². The number of aryl methyl sites for hydroxylation is 1. The van der Waals surface area contributed by atoms with Gasteiger partial charge in [-0.3, -0.25) is 0 Å². The molecule has 3 nitrogen and oxygen atoms in total. The van der Waals surface area contributed by atoms with Gasteiger partial charge in [0.2, 0.25) is 0 Å². The number of fused-ring (bicyclic) bond motifs is 1. The highest BCUT2D eigenvalue weighted by atomic mass is 32.2. The molecule has 1 aliphatic heterocycles. The smallest absolute Gasteiger partial charge is 0.196 e. The summed E-state index contributed by atoms with van der Waals surface area (Å²) in [6, 6.07) is 1.23. The van der Waals surface area contributed by atoms with Crippen molar-refractivity contribution in [3.8, 4) is 0 Å². The highest BCUT2D eigenvalue weighted by Crippen LogP contribution is 2.23. The first-order valence-corrected chi connectivity index (χ1v) is 5.12. The van der Waals surface area contributed by atoms with Crippen LogP contribution in [0.25, 0.3) is 0 Å². The summed E-state index contributed by atoms with van der Waals surface area (Å²) in [6.07, 6.45) is 1.31. The first-order chi connectivity index (χ1) is 5.59. The molecular weight excluding hydrogens is 181 g/mol. The molecule has 2 rings (SSSR count). The minimum atomic E-state index is -3.20. The third-order valence-corrected chi connectivity index (χ3v) is 3.53. The van der Waals surface area contributed by atoms with Crippen LogP contribution in [-0.4, -0.2) is 19.2 Å². The number of halogens is 1. The molecule has 1 aromatic heterocycles. The van der Waals surface area contributed by atoms with E-state index in [4.69, 9.17) is 0 Å². The van der Waals surface area contributed by atoms with Crippen LogP contribution < -0.4 is 0 Å². The molecule has 0 radical (unpaired) electrons. The number of nitrogens with zero attached hydrogens (tertiary/aromatic N) is 1. The zero-order valence-electron chi connectivity index (χ0n) is 6.12. The van der Waals surface area contributed by atoms with Crippen molar-refractivity contribution >= 4 is 9.84 Å². The Morgan fingerprint density at radius 3 is 3.00 bits per heavy atom. The van der Waals surface area contributed by atoms with Crippen LogP contribution >= 0.6 is 0 Å². The van der Waals surface area contributed by atoms with E-state index in [0.717, 1.165) is 6.20 Å². The molecule has 0 aliphatic carbocycles. The molecule has 0 unspecified atom stereocenters. The van der Waals surface area contributed by atoms with Gasteiger partial charge in [0, 0.05) is 0 Å². The van der Waals surface area contributed by atoms with Crippen molar-refractivity contribution in [2.24, 2.45) is 0 Å². The van der Waals surface area contributed by atoms with Crippen molar-refractivity contribution < 1.29 is 12.8 Å². The summed E-state index contributed by atoms with van der Waals surface area (Å²) in [6.45, 7) is 0. The first kappa shape index (κ1) is 7.67. The van der Waals surface area contributed by atoms with Crippen molar-refractivity contribution in [3.63, 3.8) is 0 Å². The molecule has 0 atom stereocenters. The normalized spacial score (nSPS) is 19.1. The first-order valence-electron chi connectivity index (χ1n) is 3.47. The van der Waals surface area contributed by atoms with Gasteiger partial charge in [-0.05, 0) is 18.1 Å². The molecule has 0 spiro atoms. The fourth-order valence-corrected chi connectivity index (χ4v) is 2.72. The van der Waals surface area contributed by atoms with E-state index in [1.165, 1.54) is 6.07 Å². The highest BCUT2D eigenvalue weighted by molar-refractivity contribution is 7.91. The van der Waals surface area contributed by atoms with E-state index in [1.54, 1.807) is 0 Å². The van der Waals surface area contributed by atoms with Crippen molar-refractivity contribution in [2.75, 3.05) is 5.75 Å². The second kappa shape index (κ2) is 2.26. The van der Waals surface area contributed by atoms with Gasteiger partial charge in [0.05, 0.1) is 11.9 Å². The van der Waals surface area contributed by atoms with Crippen LogP contribution in [0, 0.1) is 5.82 Å². The number of sulfone groups is 1. The maximum absolute atomic E-state index is 12.6. The fourth-order valence-electron chi connectivity index (χ4n) is 1.27. The topological polar surface area (TPSA) is 47.0 Å². The van der Waals surface area contributed by atoms with E-state index < -0.39 is 15.7 Å². The molecule has 12 heavy (non-hydrogen) atoms. The number of hydrogen-bond donors (Lipinski definition) is 0. The Kier molecular flexibility index (Phi) is 1.44. The predicted molar refractivity (Wildman–Crippen MR) is 40.0 cm³/mol. The van der Waals surface area contributed by atoms with Gasteiger partial charge in [-0.15, -0.1) is 0 Å². The van der Waals surface area contributed by atoms with E-state index in [2.05, 4.69) is 4.98 Å². The summed E-state index contributed by atoms with van der Waals surface area (Å²) in [4.78, 5) is 3.55. The lowest BCUT2D eigenvalue weighted by atomic mass is 10.2. The average Bonchev–Trinajstić information content (AvgIpc) is 2.27. The van der Waals surface area contributed by atoms with Gasteiger partial charge in [0.25, 0.3) is 0 Å². The summed E-state index contributed by atoms with van der Waals surface area (Å²) in [7, 11) is -3.20. The van der Waals surface area contributed by atoms with Crippen LogP contribution in [0.1, 0.15) is 5.56 Å². The largest absolute Gasteiger partial charge is 0.241 e. The maximum atomic E-state index is 12.6. The number of rotatable bonds is 0. The third-order valence-electron chi connectivity index (χ3n) is 1.83. The van der Waals surface area contributed by atoms with E-state index in [9.17, 15) is 12.8 Å². The Balaban J connectivity index is 2.71. The monoisotopic (exact) mass is 187 g/mol. The van der Waals surface area contributed by atoms with Crippen LogP contribution in [0.4, 0.5) is 4.39 Å². The zero-order valence-corrected chi connectivity index (χ0v) is 6.94. The summed E-state index contributed by atoms with van der Waals surface area (Å²) in [5.41, 5.74) is 0.495. The molecule has 2 heterocycles. The molecule has 0 saturated carbocycles. The Labute approximate surface area is 69.2 Å². The lowest BCUT2D eigenvalue weighted by Gasteiger charge is -1.94. The Morgan fingerprint density at radius 1 is 1.50 bits per heavy atom. The molecule has 0 aromatic carbocycles. The molecule has 0 amide bonds. The Hall–Kier alpha value is -0.970. The predicted octanol–water partition coefficient (Wildman–Crippen LogP) is 0.551. The van der Waals surface area contributed by atoms with Crippen LogP contribution in [0.2, 0.25) is 0 Å². The van der Waals surface area contributed by atoms with Gasteiger partial charge in [-0.1, -0.05) is 0 Å². The van der Waals surface area contributed by atoms with E-state index in [1.807, 2.05) is 0 Å². The maximum Gasteiger partial charge on any atom is 0.196 e. The van der Waals surface area contributed by atoms with Crippen LogP contribution in [0.3, 0.4) is 0 Å². The summed E-state index contributed by atoms with van der Waals surface area (Å²) in [5, 5.41) is 0.0453. The SMILES string of the molecule is O=S1(=O)CCc2cc(F)cnc21. The van der Waals surface area contributed by atoms with E-state index in [-0.39, 0.29) is 10.8 Å². The second-order valence-electron chi connectivity index (χ2n) is 2.69. The highest BCUT2D eigenvalue weighted by Gasteiger charge is 2.27. The van der Waals surface area contributed by atoms with Gasteiger partial charge >= 0.3 is 0 Å². The van der Waals surface area contributed by atoms with Gasteiger partial charge < -0.3 is 0 Å². The lowest BCUT2D eigenvalue weighted by molar-refractivity contribution is 0.593. The molecule has 1 aromatic rings. The Bertz CT molecular complexity index is 427. The summed E-state index contributed by atoms with van der Waals surface area (Å²) < 4.78 is 34.9.